The van der Waals surface area contributed by atoms with Crippen LogP contribution in [0.4, 0.5) is 26.1 Å². The number of hydrogen-bond donors (Lipinski definition) is 4. The summed E-state index contributed by atoms with van der Waals surface area (Å²) in [6.45, 7) is 2.60. The second-order valence-electron chi connectivity index (χ2n) is 16.5. The van der Waals surface area contributed by atoms with Crippen molar-refractivity contribution in [3.8, 4) is 34.5 Å². The van der Waals surface area contributed by atoms with E-state index in [1.807, 2.05) is 24.3 Å². The number of hydrogen-bond acceptors (Lipinski definition) is 13. The fourth-order valence-electron chi connectivity index (χ4n) is 7.51. The maximum atomic E-state index is 13.1. The Kier molecular flexibility index (Phi) is 13.7. The molecule has 4 aromatic carbocycles. The molecule has 2 fully saturated rings. The number of carbonyl (C=O) groups is 4. The monoisotopic (exact) mass is 911 g/mol. The van der Waals surface area contributed by atoms with Gasteiger partial charge in [0.2, 0.25) is 11.5 Å². The highest BCUT2D eigenvalue weighted by Crippen LogP contribution is 2.49. The van der Waals surface area contributed by atoms with Gasteiger partial charge in [0, 0.05) is 49.5 Å². The van der Waals surface area contributed by atoms with Crippen molar-refractivity contribution in [1.82, 2.24) is 9.97 Å². The number of benzene rings is 4. The first-order chi connectivity index (χ1) is 32.4. The number of carboxylic acid groups (broad SMARTS) is 1. The van der Waals surface area contributed by atoms with Crippen molar-refractivity contribution >= 4 is 40.6 Å². The Morgan fingerprint density at radius 3 is 1.33 bits per heavy atom. The Labute approximate surface area is 384 Å². The highest BCUT2D eigenvalue weighted by atomic mass is 19.1. The van der Waals surface area contributed by atoms with Crippen LogP contribution in [0.25, 0.3) is 0 Å². The lowest BCUT2D eigenvalue weighted by molar-refractivity contribution is -0.148. The minimum absolute atomic E-state index is 0.0621. The Morgan fingerprint density at radius 1 is 0.567 bits per heavy atom. The molecule has 344 valence electrons. The van der Waals surface area contributed by atoms with E-state index in [2.05, 4.69) is 20.6 Å². The summed E-state index contributed by atoms with van der Waals surface area (Å²) in [6.07, 6.45) is 5.73. The quantitative estimate of drug-likeness (QED) is 0.0598. The number of rotatable bonds is 14. The van der Waals surface area contributed by atoms with Gasteiger partial charge in [-0.25, -0.2) is 18.7 Å². The number of nitrogens with zero attached hydrogens (tertiary/aromatic N) is 2. The van der Waals surface area contributed by atoms with Crippen LogP contribution in [0.5, 0.6) is 34.5 Å². The Balaban J connectivity index is 0.000000150. The predicted octanol–water partition coefficient (Wildman–Crippen LogP) is 8.58. The minimum atomic E-state index is -1.16. The van der Waals surface area contributed by atoms with Crippen LogP contribution in [0.15, 0.2) is 122 Å². The number of nitrogens with two attached hydrogens (primary N) is 1. The van der Waals surface area contributed by atoms with Gasteiger partial charge in [-0.2, -0.15) is 0 Å². The maximum Gasteiger partial charge on any atom is 0.317 e. The second-order valence-corrected chi connectivity index (χ2v) is 16.5. The van der Waals surface area contributed by atoms with E-state index in [1.54, 1.807) is 60.9 Å². The summed E-state index contributed by atoms with van der Waals surface area (Å²) in [4.78, 5) is 56.9. The molecule has 2 aliphatic carbocycles. The molecular formula is C51H47F2N5O9. The summed E-state index contributed by atoms with van der Waals surface area (Å²) in [6, 6.07) is 29.4. The molecule has 0 radical (unpaired) electrons. The van der Waals surface area contributed by atoms with E-state index in [-0.39, 0.29) is 48.2 Å². The average Bonchev–Trinajstić information content (AvgIpc) is 4.29. The van der Waals surface area contributed by atoms with E-state index < -0.39 is 16.8 Å². The minimum Gasteiger partial charge on any atom is -0.485 e. The number of anilines is 3. The van der Waals surface area contributed by atoms with Gasteiger partial charge in [0.25, 0.3) is 0 Å². The molecule has 0 spiro atoms. The smallest absolute Gasteiger partial charge is 0.317 e. The third-order valence-electron chi connectivity index (χ3n) is 11.7. The lowest BCUT2D eigenvalue weighted by Gasteiger charge is -2.20. The average molecular weight is 912 g/mol. The molecular weight excluding hydrogens is 865 g/mol. The molecule has 0 unspecified atom stereocenters. The third-order valence-corrected chi connectivity index (χ3v) is 11.7. The zero-order chi connectivity index (χ0) is 47.0. The van der Waals surface area contributed by atoms with Gasteiger partial charge in [-0.05, 0) is 103 Å². The fraction of sp³-hybridized carbons (Fsp3) is 0.255. The molecule has 2 aliphatic heterocycles. The number of aromatic nitrogens is 2. The van der Waals surface area contributed by atoms with Crippen LogP contribution in [-0.2, 0) is 38.4 Å². The molecule has 16 heteroatoms. The van der Waals surface area contributed by atoms with Gasteiger partial charge in [0.15, 0.2) is 40.5 Å². The van der Waals surface area contributed by atoms with Gasteiger partial charge < -0.3 is 40.4 Å². The van der Waals surface area contributed by atoms with Gasteiger partial charge in [-0.1, -0.05) is 36.4 Å². The first-order valence-electron chi connectivity index (χ1n) is 21.7. The number of ketones is 3. The lowest BCUT2D eigenvalue weighted by atomic mass is 9.88. The van der Waals surface area contributed by atoms with Crippen LogP contribution in [-0.4, -0.2) is 64.7 Å². The number of nitrogen functional groups attached to an aromatic ring is 1. The van der Waals surface area contributed by atoms with Gasteiger partial charge in [0.1, 0.15) is 41.8 Å². The van der Waals surface area contributed by atoms with E-state index in [9.17, 15) is 28.0 Å². The molecule has 67 heavy (non-hydrogen) atoms. The number of nitrogens with one attached hydrogen (secondary N) is 2. The Morgan fingerprint density at radius 2 is 0.940 bits per heavy atom. The summed E-state index contributed by atoms with van der Waals surface area (Å²) in [7, 11) is 0. The van der Waals surface area contributed by atoms with E-state index in [4.69, 9.17) is 29.8 Å². The van der Waals surface area contributed by atoms with Crippen molar-refractivity contribution in [2.45, 2.75) is 44.9 Å². The van der Waals surface area contributed by atoms with Crippen LogP contribution in [0, 0.1) is 22.5 Å². The summed E-state index contributed by atoms with van der Waals surface area (Å²) in [5, 5.41) is 15.2. The van der Waals surface area contributed by atoms with E-state index in [0.29, 0.717) is 103 Å². The second kappa shape index (κ2) is 20.1. The third kappa shape index (κ3) is 11.2. The molecule has 14 nitrogen and oxygen atoms in total. The van der Waals surface area contributed by atoms with Crippen LogP contribution >= 0.6 is 0 Å². The Hall–Kier alpha value is -7.88. The number of aliphatic carboxylic acids is 1. The van der Waals surface area contributed by atoms with Crippen molar-refractivity contribution in [2.75, 3.05) is 42.7 Å². The lowest BCUT2D eigenvalue weighted by Crippen LogP contribution is -2.28. The molecule has 4 heterocycles. The van der Waals surface area contributed by atoms with Gasteiger partial charge in [-0.3, -0.25) is 19.2 Å². The number of fused-ring (bicyclic) bond motifs is 2. The van der Waals surface area contributed by atoms with Gasteiger partial charge in [0.05, 0.1) is 18.5 Å². The van der Waals surface area contributed by atoms with Crippen molar-refractivity contribution < 1.29 is 52.0 Å². The number of carboxylic acids is 1. The SMILES string of the molecule is Nc1ccc(Oc2ccnc3c2OCCN3)cc1.O=C(Cc1ccc(F)cc1)C1(C(=O)Cc2ccc(Oc3ccnc4c3OCCN4)cc2)CC1.O=C(O)C1(C(=O)Cc2ccc(F)cc2)CC1. The van der Waals surface area contributed by atoms with E-state index in [0.717, 1.165) is 17.7 Å². The van der Waals surface area contributed by atoms with Crippen LogP contribution in [0.2, 0.25) is 0 Å². The predicted molar refractivity (Wildman–Crippen MR) is 244 cm³/mol. The zero-order valence-corrected chi connectivity index (χ0v) is 36.3. The summed E-state index contributed by atoms with van der Waals surface area (Å²) < 4.78 is 48.7. The number of Topliss-reactive ketones (excluding diaryl/α,β-unsaturated/α-hetero) is 3. The van der Waals surface area contributed by atoms with Crippen LogP contribution in [0.3, 0.4) is 0 Å². The molecule has 0 amide bonds. The van der Waals surface area contributed by atoms with Gasteiger partial charge >= 0.3 is 5.97 Å². The number of ether oxygens (including phenoxy) is 4. The largest absolute Gasteiger partial charge is 0.485 e. The standard InChI is InChI=1S/C26H23FN2O4.C13H13N3O2.C12H11FO3/c27-19-5-1-17(2-6-19)15-22(30)26(10-11-26)23(31)16-18-3-7-20(8-4-18)33-21-9-12-28-25-24(21)32-14-13-29-25;14-9-1-3-10(4-2-9)18-11-5-6-15-13-12(11)17-8-7-16-13;13-9-3-1-8(2-4-9)7-10(14)12(5-6-12)11(15)16/h1-9,12H,10-11,13-16H2,(H,28,29);1-6H,7-8,14H2,(H,15,16);1-4H,5-7H2,(H,15,16). The molecule has 6 aromatic rings. The summed E-state index contributed by atoms with van der Waals surface area (Å²) in [5.41, 5.74) is 6.47. The first kappa shape index (κ1) is 45.7. The molecule has 0 atom stereocenters. The number of carbonyl (C=O) groups excluding carboxylic acids is 3. The normalized spacial score (nSPS) is 15.2. The van der Waals surface area contributed by atoms with Crippen molar-refractivity contribution in [3.05, 3.63) is 150 Å². The highest BCUT2D eigenvalue weighted by molar-refractivity contribution is 6.11. The highest BCUT2D eigenvalue weighted by Gasteiger charge is 2.56. The van der Waals surface area contributed by atoms with Crippen molar-refractivity contribution in [1.29, 1.82) is 0 Å². The maximum absolute atomic E-state index is 13.1. The van der Waals surface area contributed by atoms with E-state index >= 15 is 0 Å². The summed E-state index contributed by atoms with van der Waals surface area (Å²) >= 11 is 0. The molecule has 4 aliphatic rings. The molecule has 2 aromatic heterocycles. The van der Waals surface area contributed by atoms with Crippen molar-refractivity contribution in [2.24, 2.45) is 10.8 Å². The zero-order valence-electron chi connectivity index (χ0n) is 36.3. The number of halogens is 2. The number of pyridine rings is 2. The van der Waals surface area contributed by atoms with Crippen LogP contribution in [0.1, 0.15) is 42.4 Å². The molecule has 10 rings (SSSR count). The molecule has 5 N–H and O–H groups in total. The summed E-state index contributed by atoms with van der Waals surface area (Å²) in [5.74, 6) is 2.96. The molecule has 0 bridgehead atoms. The topological polar surface area (TPSA) is 201 Å². The van der Waals surface area contributed by atoms with Crippen LogP contribution < -0.4 is 35.3 Å². The van der Waals surface area contributed by atoms with Crippen molar-refractivity contribution in [3.63, 3.8) is 0 Å². The molecule has 2 saturated carbocycles. The van der Waals surface area contributed by atoms with Gasteiger partial charge in [-0.15, -0.1) is 0 Å². The Bertz CT molecular complexity index is 2750. The fourth-order valence-corrected chi connectivity index (χ4v) is 7.51. The van der Waals surface area contributed by atoms with E-state index in [1.165, 1.54) is 36.4 Å². The molecule has 0 saturated heterocycles. The first-order valence-corrected chi connectivity index (χ1v) is 21.7.